The van der Waals surface area contributed by atoms with Crippen LogP contribution in [0.2, 0.25) is 0 Å². The van der Waals surface area contributed by atoms with Crippen LogP contribution in [0.3, 0.4) is 0 Å². The van der Waals surface area contributed by atoms with Crippen molar-refractivity contribution in [3.8, 4) is 0 Å². The van der Waals surface area contributed by atoms with Crippen molar-refractivity contribution in [2.24, 2.45) is 5.92 Å². The Labute approximate surface area is 175 Å². The summed E-state index contributed by atoms with van der Waals surface area (Å²) >= 11 is 0. The molecule has 2 aromatic rings. The first-order valence-corrected chi connectivity index (χ1v) is 11.0. The lowest BCUT2D eigenvalue weighted by molar-refractivity contribution is -0.121. The van der Waals surface area contributed by atoms with Gasteiger partial charge in [-0.05, 0) is 68.8 Å². The fourth-order valence-electron chi connectivity index (χ4n) is 4.21. The number of rotatable bonds is 9. The second kappa shape index (κ2) is 10.1. The number of benzene rings is 1. The molecule has 1 saturated heterocycles. The Morgan fingerprint density at radius 3 is 2.52 bits per heavy atom. The van der Waals surface area contributed by atoms with Gasteiger partial charge in [-0.1, -0.05) is 38.1 Å². The van der Waals surface area contributed by atoms with Gasteiger partial charge < -0.3 is 5.32 Å². The van der Waals surface area contributed by atoms with E-state index in [0.717, 1.165) is 25.2 Å². The Bertz CT molecular complexity index is 818. The van der Waals surface area contributed by atoms with E-state index in [1.54, 1.807) is 0 Å². The zero-order chi connectivity index (χ0) is 20.8. The largest absolute Gasteiger partial charge is 0.352 e. The normalized spacial score (nSPS) is 14.7. The Morgan fingerprint density at radius 1 is 1.14 bits per heavy atom. The standard InChI is InChI=1S/C24H36N4O/c1-18(2)16-28-20(4)23(19(3)26-28)11-12-24(29)25-15-21-9-5-6-10-22(21)17-27-13-7-8-14-27/h5-6,9-10,18H,7-8,11-17H2,1-4H3,(H,25,29). The number of aromatic nitrogens is 2. The maximum absolute atomic E-state index is 12.5. The lowest BCUT2D eigenvalue weighted by Crippen LogP contribution is -2.25. The molecule has 0 bridgehead atoms. The number of nitrogens with one attached hydrogen (secondary N) is 1. The third-order valence-electron chi connectivity index (χ3n) is 5.86. The Morgan fingerprint density at radius 2 is 1.83 bits per heavy atom. The summed E-state index contributed by atoms with van der Waals surface area (Å²) in [4.78, 5) is 15.0. The number of amides is 1. The molecule has 0 saturated carbocycles. The summed E-state index contributed by atoms with van der Waals surface area (Å²) < 4.78 is 2.09. The molecule has 1 aliphatic rings. The first-order valence-electron chi connectivity index (χ1n) is 11.0. The van der Waals surface area contributed by atoms with Gasteiger partial charge in [0.05, 0.1) is 5.69 Å². The molecule has 5 nitrogen and oxygen atoms in total. The number of aryl methyl sites for hydroxylation is 1. The van der Waals surface area contributed by atoms with Gasteiger partial charge in [-0.2, -0.15) is 5.10 Å². The molecule has 1 aromatic heterocycles. The minimum Gasteiger partial charge on any atom is -0.352 e. The van der Waals surface area contributed by atoms with Crippen LogP contribution < -0.4 is 5.32 Å². The molecule has 1 amide bonds. The fraction of sp³-hybridized carbons (Fsp3) is 0.583. The van der Waals surface area contributed by atoms with E-state index in [1.165, 1.54) is 48.3 Å². The predicted octanol–water partition coefficient (Wildman–Crippen LogP) is 4.00. The van der Waals surface area contributed by atoms with E-state index in [0.29, 0.717) is 18.9 Å². The van der Waals surface area contributed by atoms with Crippen LogP contribution in [0.1, 0.15) is 61.2 Å². The summed E-state index contributed by atoms with van der Waals surface area (Å²) in [6.07, 6.45) is 3.84. The van der Waals surface area contributed by atoms with E-state index < -0.39 is 0 Å². The monoisotopic (exact) mass is 396 g/mol. The molecule has 0 unspecified atom stereocenters. The number of hydrogen-bond donors (Lipinski definition) is 1. The van der Waals surface area contributed by atoms with Crippen molar-refractivity contribution in [3.05, 3.63) is 52.3 Å². The Hall–Kier alpha value is -2.14. The second-order valence-corrected chi connectivity index (χ2v) is 8.75. The van der Waals surface area contributed by atoms with Crippen LogP contribution in [0.4, 0.5) is 0 Å². The molecule has 0 atom stereocenters. The molecule has 0 radical (unpaired) electrons. The van der Waals surface area contributed by atoms with Crippen LogP contribution in [0.15, 0.2) is 24.3 Å². The van der Waals surface area contributed by atoms with E-state index in [2.05, 4.69) is 65.0 Å². The average Bonchev–Trinajstić information content (AvgIpc) is 3.28. The van der Waals surface area contributed by atoms with Crippen molar-refractivity contribution in [3.63, 3.8) is 0 Å². The number of carbonyl (C=O) groups is 1. The fourth-order valence-corrected chi connectivity index (χ4v) is 4.21. The minimum absolute atomic E-state index is 0.108. The maximum atomic E-state index is 12.5. The van der Waals surface area contributed by atoms with Gasteiger partial charge in [0.15, 0.2) is 0 Å². The predicted molar refractivity (Wildman–Crippen MR) is 118 cm³/mol. The summed E-state index contributed by atoms with van der Waals surface area (Å²) in [5, 5.41) is 7.79. The molecule has 158 valence electrons. The average molecular weight is 397 g/mol. The summed E-state index contributed by atoms with van der Waals surface area (Å²) in [6, 6.07) is 8.48. The van der Waals surface area contributed by atoms with Gasteiger partial charge in [0.25, 0.3) is 0 Å². The highest BCUT2D eigenvalue weighted by molar-refractivity contribution is 5.76. The smallest absolute Gasteiger partial charge is 0.220 e. The second-order valence-electron chi connectivity index (χ2n) is 8.75. The number of carbonyl (C=O) groups excluding carboxylic acids is 1. The van der Waals surface area contributed by atoms with Gasteiger partial charge in [0.2, 0.25) is 5.91 Å². The van der Waals surface area contributed by atoms with Gasteiger partial charge in [0.1, 0.15) is 0 Å². The molecule has 1 aromatic carbocycles. The highest BCUT2D eigenvalue weighted by atomic mass is 16.1. The molecule has 0 spiro atoms. The molecule has 1 N–H and O–H groups in total. The third kappa shape index (κ3) is 5.92. The van der Waals surface area contributed by atoms with Crippen molar-refractivity contribution < 1.29 is 4.79 Å². The summed E-state index contributed by atoms with van der Waals surface area (Å²) in [5.41, 5.74) is 6.02. The zero-order valence-electron chi connectivity index (χ0n) is 18.5. The van der Waals surface area contributed by atoms with Crippen LogP contribution >= 0.6 is 0 Å². The van der Waals surface area contributed by atoms with Crippen molar-refractivity contribution in [2.45, 2.75) is 73.0 Å². The topological polar surface area (TPSA) is 50.2 Å². The van der Waals surface area contributed by atoms with E-state index in [4.69, 9.17) is 0 Å². The molecule has 0 aliphatic carbocycles. The molecular formula is C24H36N4O. The minimum atomic E-state index is 0.108. The molecule has 1 fully saturated rings. The molecule has 5 heteroatoms. The quantitative estimate of drug-likeness (QED) is 0.697. The number of likely N-dealkylation sites (tertiary alicyclic amines) is 1. The highest BCUT2D eigenvalue weighted by Gasteiger charge is 2.15. The van der Waals surface area contributed by atoms with Crippen molar-refractivity contribution in [1.29, 1.82) is 0 Å². The van der Waals surface area contributed by atoms with Crippen molar-refractivity contribution >= 4 is 5.91 Å². The lowest BCUT2D eigenvalue weighted by Gasteiger charge is -2.17. The molecule has 3 rings (SSSR count). The van der Waals surface area contributed by atoms with Crippen LogP contribution in [0.5, 0.6) is 0 Å². The lowest BCUT2D eigenvalue weighted by atomic mass is 10.1. The number of hydrogen-bond acceptors (Lipinski definition) is 3. The van der Waals surface area contributed by atoms with E-state index in [9.17, 15) is 4.79 Å². The van der Waals surface area contributed by atoms with Gasteiger partial charge in [-0.15, -0.1) is 0 Å². The molecule has 1 aliphatic heterocycles. The third-order valence-corrected chi connectivity index (χ3v) is 5.86. The van der Waals surface area contributed by atoms with Gasteiger partial charge in [0, 0.05) is 31.7 Å². The van der Waals surface area contributed by atoms with Crippen molar-refractivity contribution in [1.82, 2.24) is 20.0 Å². The van der Waals surface area contributed by atoms with Crippen LogP contribution in [0.25, 0.3) is 0 Å². The van der Waals surface area contributed by atoms with E-state index >= 15 is 0 Å². The highest BCUT2D eigenvalue weighted by Crippen LogP contribution is 2.18. The van der Waals surface area contributed by atoms with Gasteiger partial charge in [-0.3, -0.25) is 14.4 Å². The summed E-state index contributed by atoms with van der Waals surface area (Å²) in [6.45, 7) is 13.4. The Kier molecular flexibility index (Phi) is 7.48. The van der Waals surface area contributed by atoms with Gasteiger partial charge >= 0.3 is 0 Å². The first kappa shape index (κ1) is 21.6. The van der Waals surface area contributed by atoms with Crippen LogP contribution in [-0.4, -0.2) is 33.7 Å². The Balaban J connectivity index is 1.53. The molecule has 2 heterocycles. The van der Waals surface area contributed by atoms with E-state index in [1.807, 2.05) is 6.92 Å². The van der Waals surface area contributed by atoms with Crippen LogP contribution in [-0.2, 0) is 30.8 Å². The van der Waals surface area contributed by atoms with Crippen LogP contribution in [0, 0.1) is 19.8 Å². The van der Waals surface area contributed by atoms with E-state index in [-0.39, 0.29) is 5.91 Å². The van der Waals surface area contributed by atoms with Gasteiger partial charge in [-0.25, -0.2) is 0 Å². The first-order chi connectivity index (χ1) is 13.9. The molecule has 29 heavy (non-hydrogen) atoms. The summed E-state index contributed by atoms with van der Waals surface area (Å²) in [5.74, 6) is 0.668. The zero-order valence-corrected chi connectivity index (χ0v) is 18.5. The number of nitrogens with zero attached hydrogens (tertiary/aromatic N) is 3. The summed E-state index contributed by atoms with van der Waals surface area (Å²) in [7, 11) is 0. The SMILES string of the molecule is Cc1nn(CC(C)C)c(C)c1CCC(=O)NCc1ccccc1CN1CCCC1. The molecular weight excluding hydrogens is 360 g/mol. The maximum Gasteiger partial charge on any atom is 0.220 e. The van der Waals surface area contributed by atoms with Crippen molar-refractivity contribution in [2.75, 3.05) is 13.1 Å².